The number of esters is 1. The number of aryl methyl sites for hydroxylation is 3. The molecule has 1 aromatic heterocycles. The van der Waals surface area contributed by atoms with E-state index in [4.69, 9.17) is 9.47 Å². The monoisotopic (exact) mass is 432 g/mol. The van der Waals surface area contributed by atoms with Gasteiger partial charge < -0.3 is 14.8 Å². The largest absolute Gasteiger partial charge is 0.463 e. The summed E-state index contributed by atoms with van der Waals surface area (Å²) < 4.78 is 12.0. The first-order valence-electron chi connectivity index (χ1n) is 9.70. The van der Waals surface area contributed by atoms with Crippen molar-refractivity contribution in [1.82, 2.24) is 9.88 Å². The van der Waals surface area contributed by atoms with E-state index in [0.717, 1.165) is 28.0 Å². The maximum atomic E-state index is 13.0. The molecule has 0 bridgehead atoms. The summed E-state index contributed by atoms with van der Waals surface area (Å²) in [4.78, 5) is 37.2. The Morgan fingerprint density at radius 1 is 1.17 bits per heavy atom. The first-order valence-corrected chi connectivity index (χ1v) is 10.5. The van der Waals surface area contributed by atoms with Crippen LogP contribution in [0.1, 0.15) is 29.2 Å². The van der Waals surface area contributed by atoms with Crippen molar-refractivity contribution in [1.29, 1.82) is 0 Å². The van der Waals surface area contributed by atoms with E-state index in [2.05, 4.69) is 11.4 Å². The third-order valence-electron chi connectivity index (χ3n) is 4.56. The summed E-state index contributed by atoms with van der Waals surface area (Å²) in [5, 5.41) is 2.69. The lowest BCUT2D eigenvalue weighted by Crippen LogP contribution is -2.39. The van der Waals surface area contributed by atoms with Gasteiger partial charge >= 0.3 is 5.97 Å². The number of aromatic nitrogens is 1. The predicted octanol–water partition coefficient (Wildman–Crippen LogP) is 0.770. The second kappa shape index (κ2) is 10.9. The number of methoxy groups -OCH3 is 1. The molecular weight excluding hydrogens is 404 g/mol. The zero-order chi connectivity index (χ0) is 22.3. The average molecular weight is 433 g/mol. The van der Waals surface area contributed by atoms with Gasteiger partial charge in [0.2, 0.25) is 5.91 Å². The lowest BCUT2D eigenvalue weighted by molar-refractivity contribution is -0.135. The van der Waals surface area contributed by atoms with Gasteiger partial charge in [0.15, 0.2) is 0 Å². The molecule has 0 aliphatic carbocycles. The molecule has 0 fully saturated rings. The molecule has 1 aromatic carbocycles. The minimum atomic E-state index is -0.554. The van der Waals surface area contributed by atoms with Crippen molar-refractivity contribution in [2.24, 2.45) is 0 Å². The molecule has 0 saturated carbocycles. The molecule has 0 aliphatic heterocycles. The fourth-order valence-corrected chi connectivity index (χ4v) is 3.87. The maximum absolute atomic E-state index is 13.0. The van der Waals surface area contributed by atoms with E-state index in [9.17, 15) is 14.4 Å². The number of benzene rings is 1. The van der Waals surface area contributed by atoms with Crippen molar-refractivity contribution in [3.8, 4) is 0 Å². The Kier molecular flexibility index (Phi) is 8.56. The van der Waals surface area contributed by atoms with Gasteiger partial charge in [-0.15, -0.1) is 11.3 Å². The van der Waals surface area contributed by atoms with Crippen molar-refractivity contribution in [3.63, 3.8) is 0 Å². The van der Waals surface area contributed by atoms with Gasteiger partial charge in [-0.05, 0) is 56.0 Å². The summed E-state index contributed by atoms with van der Waals surface area (Å²) in [6.07, 6.45) is 3.05. The molecule has 0 saturated heterocycles. The number of nitrogens with zero attached hydrogens (tertiary/aromatic N) is 1. The van der Waals surface area contributed by atoms with Crippen molar-refractivity contribution < 1.29 is 19.1 Å². The fraction of sp³-hybridized carbons (Fsp3) is 0.409. The van der Waals surface area contributed by atoms with Crippen molar-refractivity contribution >= 4 is 35.4 Å². The summed E-state index contributed by atoms with van der Waals surface area (Å²) in [6, 6.07) is 4.10. The average Bonchev–Trinajstić information content (AvgIpc) is 2.95. The van der Waals surface area contributed by atoms with Crippen LogP contribution in [0, 0.1) is 20.8 Å². The second-order valence-corrected chi connectivity index (χ2v) is 7.93. The lowest BCUT2D eigenvalue weighted by atomic mass is 10.0. The van der Waals surface area contributed by atoms with E-state index in [0.29, 0.717) is 22.3 Å². The highest BCUT2D eigenvalue weighted by Crippen LogP contribution is 2.15. The van der Waals surface area contributed by atoms with Gasteiger partial charge in [-0.2, -0.15) is 0 Å². The number of hydrogen-bond donors (Lipinski definition) is 1. The fourth-order valence-electron chi connectivity index (χ4n) is 2.85. The van der Waals surface area contributed by atoms with Crippen LogP contribution in [-0.2, 0) is 25.6 Å². The first kappa shape index (κ1) is 23.6. The minimum Gasteiger partial charge on any atom is -0.463 e. The molecule has 2 aromatic rings. The highest BCUT2D eigenvalue weighted by atomic mass is 32.1. The van der Waals surface area contributed by atoms with Gasteiger partial charge in [0.1, 0.15) is 11.2 Å². The number of thiazole rings is 1. The molecule has 0 atom stereocenters. The van der Waals surface area contributed by atoms with Crippen LogP contribution in [0.5, 0.6) is 0 Å². The van der Waals surface area contributed by atoms with Crippen LogP contribution in [0.2, 0.25) is 0 Å². The highest BCUT2D eigenvalue weighted by Gasteiger charge is 2.11. The quantitative estimate of drug-likeness (QED) is 0.492. The Morgan fingerprint density at radius 2 is 1.87 bits per heavy atom. The third kappa shape index (κ3) is 6.14. The number of nitrogens with one attached hydrogen (secondary N) is 1. The Bertz CT molecular complexity index is 1100. The molecule has 0 aliphatic rings. The Morgan fingerprint density at radius 3 is 2.53 bits per heavy atom. The molecular formula is C22H28N2O5S. The van der Waals surface area contributed by atoms with Gasteiger partial charge in [-0.3, -0.25) is 14.2 Å². The van der Waals surface area contributed by atoms with Gasteiger partial charge in [0.05, 0.1) is 23.8 Å². The van der Waals surface area contributed by atoms with Crippen LogP contribution in [0.4, 0.5) is 0 Å². The molecule has 1 N–H and O–H groups in total. The molecule has 0 unspecified atom stereocenters. The van der Waals surface area contributed by atoms with Crippen molar-refractivity contribution in [2.45, 2.75) is 34.2 Å². The molecule has 1 heterocycles. The summed E-state index contributed by atoms with van der Waals surface area (Å²) in [5.41, 5.74) is 3.95. The lowest BCUT2D eigenvalue weighted by Gasteiger charge is -2.05. The van der Waals surface area contributed by atoms with Crippen molar-refractivity contribution in [2.75, 3.05) is 26.9 Å². The molecule has 7 nitrogen and oxygen atoms in total. The number of ether oxygens (including phenoxy) is 2. The molecule has 2 rings (SSSR count). The van der Waals surface area contributed by atoms with Gasteiger partial charge in [0.25, 0.3) is 5.56 Å². The molecule has 0 radical (unpaired) electrons. The van der Waals surface area contributed by atoms with Crippen LogP contribution in [0.15, 0.2) is 16.9 Å². The second-order valence-electron chi connectivity index (χ2n) is 6.87. The zero-order valence-electron chi connectivity index (χ0n) is 18.0. The van der Waals surface area contributed by atoms with Gasteiger partial charge in [-0.1, -0.05) is 12.1 Å². The van der Waals surface area contributed by atoms with Crippen LogP contribution in [0.25, 0.3) is 12.2 Å². The molecule has 30 heavy (non-hydrogen) atoms. The number of hydrogen-bond acceptors (Lipinski definition) is 6. The Hall–Kier alpha value is -2.71. The highest BCUT2D eigenvalue weighted by molar-refractivity contribution is 7.07. The number of carbonyl (C=O) groups excluding carboxylic acids is 2. The van der Waals surface area contributed by atoms with Crippen LogP contribution < -0.4 is 20.1 Å². The SMILES string of the molecule is CCOC(=O)/C=c1/s/c(=C\c2cc(C)c(C)cc2C)c(=O)n1CC(=O)NCCOC. The van der Waals surface area contributed by atoms with E-state index in [1.165, 1.54) is 16.2 Å². The van der Waals surface area contributed by atoms with Crippen LogP contribution >= 0.6 is 11.3 Å². The summed E-state index contributed by atoms with van der Waals surface area (Å²) >= 11 is 1.16. The molecule has 8 heteroatoms. The number of amides is 1. The van der Waals surface area contributed by atoms with E-state index < -0.39 is 5.97 Å². The Labute approximate surface area is 179 Å². The van der Waals surface area contributed by atoms with E-state index in [1.54, 1.807) is 20.1 Å². The standard InChI is InChI=1S/C22H28N2O5S/c1-6-29-21(26)12-20-24(13-19(25)23-7-8-28-5)22(27)18(30-20)11-17-10-15(3)14(2)9-16(17)4/h9-12H,6-8,13H2,1-5H3,(H,23,25)/b18-11-,20-12+. The van der Waals surface area contributed by atoms with E-state index >= 15 is 0 Å². The summed E-state index contributed by atoms with van der Waals surface area (Å²) in [6.45, 7) is 8.50. The smallest absolute Gasteiger partial charge is 0.333 e. The topological polar surface area (TPSA) is 86.6 Å². The van der Waals surface area contributed by atoms with E-state index in [1.807, 2.05) is 26.8 Å². The van der Waals surface area contributed by atoms with Crippen LogP contribution in [0.3, 0.4) is 0 Å². The maximum Gasteiger partial charge on any atom is 0.333 e. The first-order chi connectivity index (χ1) is 14.3. The van der Waals surface area contributed by atoms with E-state index in [-0.39, 0.29) is 24.6 Å². The Balaban J connectivity index is 2.54. The summed E-state index contributed by atoms with van der Waals surface area (Å²) in [7, 11) is 1.54. The number of carbonyl (C=O) groups is 2. The van der Waals surface area contributed by atoms with Crippen LogP contribution in [-0.4, -0.2) is 43.3 Å². The van der Waals surface area contributed by atoms with Gasteiger partial charge in [0, 0.05) is 13.7 Å². The predicted molar refractivity (Wildman–Crippen MR) is 118 cm³/mol. The molecule has 1 amide bonds. The normalized spacial score (nSPS) is 12.3. The van der Waals surface area contributed by atoms with Gasteiger partial charge in [-0.25, -0.2) is 4.79 Å². The van der Waals surface area contributed by atoms with Crippen molar-refractivity contribution in [3.05, 3.63) is 53.9 Å². The number of rotatable bonds is 8. The molecule has 162 valence electrons. The summed E-state index contributed by atoms with van der Waals surface area (Å²) in [5.74, 6) is -0.888. The minimum absolute atomic E-state index is 0.190. The zero-order valence-corrected chi connectivity index (χ0v) is 18.9. The third-order valence-corrected chi connectivity index (χ3v) is 5.62. The molecule has 0 spiro atoms.